The molecule has 0 atom stereocenters. The normalized spacial score (nSPS) is 14.5. The predicted octanol–water partition coefficient (Wildman–Crippen LogP) is 3.93. The second kappa shape index (κ2) is 7.81. The molecule has 1 fully saturated rings. The van der Waals surface area contributed by atoms with Gasteiger partial charge in [0.05, 0.1) is 12.0 Å². The summed E-state index contributed by atoms with van der Waals surface area (Å²) in [6, 6.07) is 8.50. The van der Waals surface area contributed by atoms with Crippen molar-refractivity contribution >= 4 is 11.2 Å². The van der Waals surface area contributed by atoms with Gasteiger partial charge in [-0.2, -0.15) is 0 Å². The molecule has 0 amide bonds. The monoisotopic (exact) mass is 440 g/mol. The molecule has 32 heavy (non-hydrogen) atoms. The molecule has 164 valence electrons. The van der Waals surface area contributed by atoms with Crippen LogP contribution in [0.4, 0.5) is 13.2 Å². The van der Waals surface area contributed by atoms with E-state index in [4.69, 9.17) is 0 Å². The number of benzene rings is 2. The van der Waals surface area contributed by atoms with Crippen LogP contribution in [-0.4, -0.2) is 18.7 Å². The highest BCUT2D eigenvalue weighted by Crippen LogP contribution is 2.28. The molecule has 2 aromatic heterocycles. The average Bonchev–Trinajstić information content (AvgIpc) is 3.40. The van der Waals surface area contributed by atoms with Crippen molar-refractivity contribution in [2.45, 2.75) is 38.3 Å². The molecular weight excluding hydrogens is 421 g/mol. The van der Waals surface area contributed by atoms with E-state index in [1.54, 1.807) is 12.1 Å². The SMILES string of the molecule is O=c1c2c(ncn2Cc2cccc(F)c2)n(-c2ccc(F)cc2F)c(=O)n1C1CCCC1. The van der Waals surface area contributed by atoms with Crippen molar-refractivity contribution in [2.75, 3.05) is 0 Å². The third-order valence-electron chi connectivity index (χ3n) is 5.93. The number of hydrogen-bond acceptors (Lipinski definition) is 3. The highest BCUT2D eigenvalue weighted by atomic mass is 19.1. The van der Waals surface area contributed by atoms with Gasteiger partial charge in [-0.1, -0.05) is 25.0 Å². The molecule has 1 saturated carbocycles. The highest BCUT2D eigenvalue weighted by Gasteiger charge is 2.27. The number of rotatable bonds is 4. The molecule has 9 heteroatoms. The second-order valence-corrected chi connectivity index (χ2v) is 8.00. The van der Waals surface area contributed by atoms with E-state index in [2.05, 4.69) is 4.98 Å². The Morgan fingerprint density at radius 2 is 1.72 bits per heavy atom. The average molecular weight is 440 g/mol. The number of hydrogen-bond donors (Lipinski definition) is 0. The summed E-state index contributed by atoms with van der Waals surface area (Å²) in [4.78, 5) is 31.1. The molecule has 5 rings (SSSR count). The summed E-state index contributed by atoms with van der Waals surface area (Å²) in [5.41, 5.74) is -0.757. The molecule has 0 unspecified atom stereocenters. The van der Waals surface area contributed by atoms with Crippen LogP contribution in [-0.2, 0) is 6.54 Å². The fraction of sp³-hybridized carbons (Fsp3) is 0.261. The lowest BCUT2D eigenvalue weighted by atomic mass is 10.2. The minimum atomic E-state index is -0.940. The topological polar surface area (TPSA) is 61.8 Å². The summed E-state index contributed by atoms with van der Waals surface area (Å²) in [6.07, 6.45) is 4.44. The van der Waals surface area contributed by atoms with Gasteiger partial charge in [0.25, 0.3) is 5.56 Å². The second-order valence-electron chi connectivity index (χ2n) is 8.00. The van der Waals surface area contributed by atoms with Crippen LogP contribution in [0.1, 0.15) is 37.3 Å². The molecule has 1 aliphatic carbocycles. The predicted molar refractivity (Wildman–Crippen MR) is 113 cm³/mol. The van der Waals surface area contributed by atoms with E-state index < -0.39 is 28.7 Å². The largest absolute Gasteiger partial charge is 0.337 e. The van der Waals surface area contributed by atoms with Crippen molar-refractivity contribution in [2.24, 2.45) is 0 Å². The number of halogens is 3. The van der Waals surface area contributed by atoms with Crippen molar-refractivity contribution in [3.63, 3.8) is 0 Å². The lowest BCUT2D eigenvalue weighted by Gasteiger charge is -2.17. The molecule has 0 N–H and O–H groups in total. The lowest BCUT2D eigenvalue weighted by Crippen LogP contribution is -2.42. The van der Waals surface area contributed by atoms with Gasteiger partial charge in [0.15, 0.2) is 11.2 Å². The molecule has 4 aromatic rings. The Morgan fingerprint density at radius 1 is 0.969 bits per heavy atom. The van der Waals surface area contributed by atoms with Crippen molar-refractivity contribution in [1.29, 1.82) is 0 Å². The van der Waals surface area contributed by atoms with E-state index in [0.717, 1.165) is 34.1 Å². The first-order chi connectivity index (χ1) is 15.4. The smallest absolute Gasteiger partial charge is 0.320 e. The molecule has 0 radical (unpaired) electrons. The van der Waals surface area contributed by atoms with Gasteiger partial charge >= 0.3 is 5.69 Å². The summed E-state index contributed by atoms with van der Waals surface area (Å²) in [5.74, 6) is -2.14. The lowest BCUT2D eigenvalue weighted by molar-refractivity contribution is 0.472. The number of nitrogens with zero attached hydrogens (tertiary/aromatic N) is 4. The van der Waals surface area contributed by atoms with E-state index in [0.29, 0.717) is 24.5 Å². The molecule has 2 aromatic carbocycles. The van der Waals surface area contributed by atoms with Gasteiger partial charge in [-0.25, -0.2) is 27.5 Å². The van der Waals surface area contributed by atoms with Crippen LogP contribution < -0.4 is 11.2 Å². The first kappa shape index (κ1) is 20.3. The number of fused-ring (bicyclic) bond motifs is 1. The van der Waals surface area contributed by atoms with Crippen molar-refractivity contribution in [3.05, 3.63) is 92.6 Å². The Morgan fingerprint density at radius 3 is 2.44 bits per heavy atom. The van der Waals surface area contributed by atoms with Crippen molar-refractivity contribution < 1.29 is 13.2 Å². The zero-order chi connectivity index (χ0) is 22.4. The van der Waals surface area contributed by atoms with Gasteiger partial charge in [-0.15, -0.1) is 0 Å². The first-order valence-corrected chi connectivity index (χ1v) is 10.4. The maximum atomic E-state index is 14.7. The molecular formula is C23H19F3N4O2. The molecule has 2 heterocycles. The maximum Gasteiger partial charge on any atom is 0.337 e. The third-order valence-corrected chi connectivity index (χ3v) is 5.93. The van der Waals surface area contributed by atoms with E-state index in [-0.39, 0.29) is 29.4 Å². The summed E-state index contributed by atoms with van der Waals surface area (Å²) in [7, 11) is 0. The molecule has 0 bridgehead atoms. The van der Waals surface area contributed by atoms with E-state index in [1.807, 2.05) is 0 Å². The van der Waals surface area contributed by atoms with Crippen LogP contribution in [0.3, 0.4) is 0 Å². The van der Waals surface area contributed by atoms with E-state index in [1.165, 1.54) is 23.0 Å². The molecule has 6 nitrogen and oxygen atoms in total. The Kier molecular flexibility index (Phi) is 4.96. The minimum Gasteiger partial charge on any atom is -0.320 e. The fourth-order valence-electron chi connectivity index (χ4n) is 4.47. The highest BCUT2D eigenvalue weighted by molar-refractivity contribution is 5.72. The van der Waals surface area contributed by atoms with Crippen LogP contribution in [0.5, 0.6) is 0 Å². The van der Waals surface area contributed by atoms with Gasteiger partial charge < -0.3 is 4.57 Å². The van der Waals surface area contributed by atoms with Crippen LogP contribution in [0.2, 0.25) is 0 Å². The molecule has 0 aliphatic heterocycles. The summed E-state index contributed by atoms with van der Waals surface area (Å²) >= 11 is 0. The van der Waals surface area contributed by atoms with Gasteiger partial charge in [0.1, 0.15) is 17.5 Å². The number of imidazole rings is 1. The summed E-state index contributed by atoms with van der Waals surface area (Å²) in [5, 5.41) is 0. The zero-order valence-electron chi connectivity index (χ0n) is 17.0. The summed E-state index contributed by atoms with van der Waals surface area (Å²) in [6.45, 7) is 0.137. The molecule has 1 aliphatic rings. The molecule has 0 saturated heterocycles. The van der Waals surface area contributed by atoms with Crippen LogP contribution in [0.25, 0.3) is 16.9 Å². The Balaban J connectivity index is 1.80. The van der Waals surface area contributed by atoms with Gasteiger partial charge in [-0.3, -0.25) is 9.36 Å². The quantitative estimate of drug-likeness (QED) is 0.483. The van der Waals surface area contributed by atoms with Gasteiger partial charge in [-0.05, 0) is 42.7 Å². The minimum absolute atomic E-state index is 0.0313. The van der Waals surface area contributed by atoms with Gasteiger partial charge in [0, 0.05) is 18.7 Å². The summed E-state index contributed by atoms with van der Waals surface area (Å²) < 4.78 is 45.6. The van der Waals surface area contributed by atoms with Crippen LogP contribution in [0.15, 0.2) is 58.4 Å². The van der Waals surface area contributed by atoms with Crippen molar-refractivity contribution in [1.82, 2.24) is 18.7 Å². The Labute approximate surface area is 180 Å². The maximum absolute atomic E-state index is 14.7. The standard InChI is InChI=1S/C23H19F3N4O2/c24-15-5-3-4-14(10-15)12-28-13-27-21-20(28)22(31)29(17-6-1-2-7-17)23(32)30(21)19-9-8-16(25)11-18(19)26/h3-5,8-11,13,17H,1-2,6-7,12H2. The Hall–Kier alpha value is -3.62. The van der Waals surface area contributed by atoms with E-state index >= 15 is 0 Å². The van der Waals surface area contributed by atoms with Crippen molar-refractivity contribution in [3.8, 4) is 5.69 Å². The number of aromatic nitrogens is 4. The first-order valence-electron chi connectivity index (χ1n) is 10.4. The van der Waals surface area contributed by atoms with Crippen LogP contribution in [0, 0.1) is 17.5 Å². The fourth-order valence-corrected chi connectivity index (χ4v) is 4.47. The Bertz CT molecular complexity index is 1450. The van der Waals surface area contributed by atoms with Crippen LogP contribution >= 0.6 is 0 Å². The van der Waals surface area contributed by atoms with E-state index in [9.17, 15) is 22.8 Å². The van der Waals surface area contributed by atoms with Gasteiger partial charge in [0.2, 0.25) is 0 Å². The zero-order valence-corrected chi connectivity index (χ0v) is 17.0. The third kappa shape index (κ3) is 3.34. The molecule has 0 spiro atoms.